The second-order valence-corrected chi connectivity index (χ2v) is 8.14. The molecular weight excluding hydrogens is 360 g/mol. The zero-order chi connectivity index (χ0) is 17.3. The van der Waals surface area contributed by atoms with Crippen molar-refractivity contribution in [2.75, 3.05) is 25.1 Å². The highest BCUT2D eigenvalue weighted by Crippen LogP contribution is 2.13. The van der Waals surface area contributed by atoms with Crippen LogP contribution in [0.5, 0.6) is 0 Å². The zero-order valence-corrected chi connectivity index (χ0v) is 17.7. The average molecular weight is 401 g/mol. The van der Waals surface area contributed by atoms with Gasteiger partial charge in [-0.2, -0.15) is 0 Å². The first-order valence-corrected chi connectivity index (χ1v) is 11.7. The van der Waals surface area contributed by atoms with E-state index >= 15 is 0 Å². The van der Waals surface area contributed by atoms with Crippen molar-refractivity contribution in [1.82, 2.24) is 9.80 Å². The maximum Gasteiger partial charge on any atom is 0.0893 e. The van der Waals surface area contributed by atoms with E-state index in [1.165, 1.54) is 103 Å². The summed E-state index contributed by atoms with van der Waals surface area (Å²) in [5, 5.41) is 1.13. The van der Waals surface area contributed by atoms with E-state index < -0.39 is 0 Å². The van der Waals surface area contributed by atoms with E-state index in [2.05, 4.69) is 45.1 Å². The smallest absolute Gasteiger partial charge is 0.0893 e. The topological polar surface area (TPSA) is 6.48 Å². The molecule has 1 rings (SSSR count). The van der Waals surface area contributed by atoms with E-state index in [0.29, 0.717) is 0 Å². The third-order valence-electron chi connectivity index (χ3n) is 4.98. The Bertz CT molecular complexity index is 294. The van der Waals surface area contributed by atoms with Gasteiger partial charge in [0.05, 0.1) is 6.67 Å². The molecule has 0 saturated carbocycles. The van der Waals surface area contributed by atoms with Crippen LogP contribution in [0.1, 0.15) is 96.8 Å². The predicted molar refractivity (Wildman–Crippen MR) is 112 cm³/mol. The van der Waals surface area contributed by atoms with Crippen LogP contribution >= 0.6 is 15.9 Å². The highest BCUT2D eigenvalue weighted by atomic mass is 79.9. The van der Waals surface area contributed by atoms with Gasteiger partial charge in [-0.25, -0.2) is 0 Å². The van der Waals surface area contributed by atoms with Gasteiger partial charge in [0.25, 0.3) is 0 Å². The van der Waals surface area contributed by atoms with Gasteiger partial charge in [0.1, 0.15) is 0 Å². The quantitative estimate of drug-likeness (QED) is 0.193. The minimum Gasteiger partial charge on any atom is -0.359 e. The Morgan fingerprint density at radius 3 is 1.50 bits per heavy atom. The molecule has 0 spiro atoms. The van der Waals surface area contributed by atoms with Gasteiger partial charge < -0.3 is 9.80 Å². The molecule has 0 aromatic carbocycles. The SMILES string of the molecule is CCCCCCCCCCCCCCN1C=CN(CCCCBr)C1. The molecule has 24 heavy (non-hydrogen) atoms. The van der Waals surface area contributed by atoms with Crippen LogP contribution in [0.2, 0.25) is 0 Å². The maximum atomic E-state index is 3.50. The van der Waals surface area contributed by atoms with Crippen molar-refractivity contribution in [1.29, 1.82) is 0 Å². The van der Waals surface area contributed by atoms with Gasteiger partial charge in [0.15, 0.2) is 0 Å². The Kier molecular flexibility index (Phi) is 14.8. The summed E-state index contributed by atoms with van der Waals surface area (Å²) < 4.78 is 0. The Balaban J connectivity index is 1.79. The summed E-state index contributed by atoms with van der Waals surface area (Å²) in [6, 6.07) is 0. The fraction of sp³-hybridized carbons (Fsp3) is 0.905. The van der Waals surface area contributed by atoms with E-state index in [1.807, 2.05) is 0 Å². The van der Waals surface area contributed by atoms with Crippen LogP contribution in [0.3, 0.4) is 0 Å². The molecule has 1 aliphatic rings. The van der Waals surface area contributed by atoms with E-state index in [1.54, 1.807) is 0 Å². The number of nitrogens with zero attached hydrogens (tertiary/aromatic N) is 2. The van der Waals surface area contributed by atoms with Crippen LogP contribution in [-0.4, -0.2) is 34.9 Å². The molecule has 0 radical (unpaired) electrons. The molecule has 0 unspecified atom stereocenters. The molecule has 0 aliphatic carbocycles. The molecule has 0 bridgehead atoms. The molecule has 0 atom stereocenters. The Morgan fingerprint density at radius 1 is 0.625 bits per heavy atom. The fourth-order valence-electron chi connectivity index (χ4n) is 3.37. The molecule has 0 aromatic heterocycles. The number of rotatable bonds is 17. The molecule has 1 aliphatic heterocycles. The summed E-state index contributed by atoms with van der Waals surface area (Å²) in [5.41, 5.74) is 0. The lowest BCUT2D eigenvalue weighted by atomic mass is 10.1. The molecule has 0 amide bonds. The van der Waals surface area contributed by atoms with Crippen LogP contribution in [0.25, 0.3) is 0 Å². The van der Waals surface area contributed by atoms with Crippen molar-refractivity contribution >= 4 is 15.9 Å². The molecule has 1 heterocycles. The fourth-order valence-corrected chi connectivity index (χ4v) is 3.77. The predicted octanol–water partition coefficient (Wildman–Crippen LogP) is 6.91. The molecule has 0 fully saturated rings. The molecule has 0 saturated heterocycles. The van der Waals surface area contributed by atoms with E-state index in [9.17, 15) is 0 Å². The summed E-state index contributed by atoms with van der Waals surface area (Å²) in [4.78, 5) is 4.92. The zero-order valence-electron chi connectivity index (χ0n) is 16.2. The van der Waals surface area contributed by atoms with E-state index in [4.69, 9.17) is 0 Å². The Hall–Kier alpha value is -0.180. The standard InChI is InChI=1S/C21H41BrN2/c1-2-3-4-5-6-7-8-9-10-11-12-14-17-23-19-20-24(21-23)18-15-13-16-22/h19-20H,2-18,21H2,1H3. The largest absolute Gasteiger partial charge is 0.359 e. The maximum absolute atomic E-state index is 3.50. The highest BCUT2D eigenvalue weighted by molar-refractivity contribution is 9.09. The number of unbranched alkanes of at least 4 members (excludes halogenated alkanes) is 12. The van der Waals surface area contributed by atoms with E-state index in [-0.39, 0.29) is 0 Å². The average Bonchev–Trinajstić information content (AvgIpc) is 3.04. The first-order valence-electron chi connectivity index (χ1n) is 10.6. The molecule has 142 valence electrons. The minimum atomic E-state index is 1.11. The Morgan fingerprint density at radius 2 is 1.04 bits per heavy atom. The minimum absolute atomic E-state index is 1.11. The number of halogens is 1. The molecule has 0 aromatic rings. The van der Waals surface area contributed by atoms with Crippen molar-refractivity contribution < 1.29 is 0 Å². The monoisotopic (exact) mass is 400 g/mol. The normalized spacial score (nSPS) is 14.1. The van der Waals surface area contributed by atoms with Crippen molar-refractivity contribution in [3.8, 4) is 0 Å². The van der Waals surface area contributed by atoms with Gasteiger partial charge in [-0.3, -0.25) is 0 Å². The number of alkyl halides is 1. The van der Waals surface area contributed by atoms with Crippen molar-refractivity contribution in [2.45, 2.75) is 96.8 Å². The first-order chi connectivity index (χ1) is 11.9. The van der Waals surface area contributed by atoms with Crippen LogP contribution in [0.4, 0.5) is 0 Å². The molecule has 0 N–H and O–H groups in total. The second-order valence-electron chi connectivity index (χ2n) is 7.35. The van der Waals surface area contributed by atoms with Crippen LogP contribution < -0.4 is 0 Å². The Labute approximate surface area is 160 Å². The van der Waals surface area contributed by atoms with Gasteiger partial charge in [-0.1, -0.05) is 93.5 Å². The van der Waals surface area contributed by atoms with E-state index in [0.717, 1.165) is 12.0 Å². The number of hydrogen-bond acceptors (Lipinski definition) is 2. The highest BCUT2D eigenvalue weighted by Gasteiger charge is 2.10. The molecule has 3 heteroatoms. The summed E-state index contributed by atoms with van der Waals surface area (Å²) in [6.07, 6.45) is 24.3. The van der Waals surface area contributed by atoms with Gasteiger partial charge in [-0.15, -0.1) is 0 Å². The van der Waals surface area contributed by atoms with Gasteiger partial charge in [-0.05, 0) is 19.3 Å². The van der Waals surface area contributed by atoms with Gasteiger partial charge in [0, 0.05) is 30.8 Å². The third-order valence-corrected chi connectivity index (χ3v) is 5.54. The van der Waals surface area contributed by atoms with Crippen LogP contribution in [-0.2, 0) is 0 Å². The second kappa shape index (κ2) is 16.3. The van der Waals surface area contributed by atoms with Crippen molar-refractivity contribution in [3.63, 3.8) is 0 Å². The number of hydrogen-bond donors (Lipinski definition) is 0. The third kappa shape index (κ3) is 12.2. The summed E-state index contributed by atoms with van der Waals surface area (Å²) >= 11 is 3.50. The van der Waals surface area contributed by atoms with Gasteiger partial charge in [0.2, 0.25) is 0 Å². The van der Waals surface area contributed by atoms with Crippen LogP contribution in [0.15, 0.2) is 12.4 Å². The lowest BCUT2D eigenvalue weighted by Gasteiger charge is -2.21. The lowest BCUT2D eigenvalue weighted by molar-refractivity contribution is 0.258. The summed E-state index contributed by atoms with van der Waals surface area (Å²) in [5.74, 6) is 0. The lowest BCUT2D eigenvalue weighted by Crippen LogP contribution is -2.26. The molecule has 2 nitrogen and oxygen atoms in total. The molecular formula is C21H41BrN2. The summed E-state index contributed by atoms with van der Waals surface area (Å²) in [7, 11) is 0. The first kappa shape index (κ1) is 21.9. The van der Waals surface area contributed by atoms with Crippen LogP contribution in [0, 0.1) is 0 Å². The van der Waals surface area contributed by atoms with Gasteiger partial charge >= 0.3 is 0 Å². The summed E-state index contributed by atoms with van der Waals surface area (Å²) in [6.45, 7) is 5.85. The van der Waals surface area contributed by atoms with Crippen molar-refractivity contribution in [2.24, 2.45) is 0 Å². The van der Waals surface area contributed by atoms with Crippen molar-refractivity contribution in [3.05, 3.63) is 12.4 Å².